The standard InChI is InChI=1S/C9H8N2O3/c1-6-3-2-4-7(14-9(10)13)8(6)11-5-12/h2-4H,1H3,(H2,10,13). The number of ether oxygens (including phenoxy) is 1. The highest BCUT2D eigenvalue weighted by Gasteiger charge is 2.07. The molecule has 5 nitrogen and oxygen atoms in total. The first kappa shape index (κ1) is 9.95. The van der Waals surface area contributed by atoms with Crippen LogP contribution >= 0.6 is 0 Å². The van der Waals surface area contributed by atoms with Crippen LogP contribution in [0.25, 0.3) is 0 Å². The van der Waals surface area contributed by atoms with Gasteiger partial charge < -0.3 is 10.5 Å². The van der Waals surface area contributed by atoms with Gasteiger partial charge >= 0.3 is 6.09 Å². The molecule has 0 saturated carbocycles. The molecule has 72 valence electrons. The molecule has 2 N–H and O–H groups in total. The largest absolute Gasteiger partial charge is 0.410 e. The lowest BCUT2D eigenvalue weighted by atomic mass is 10.2. The van der Waals surface area contributed by atoms with Crippen molar-refractivity contribution >= 4 is 17.9 Å². The SMILES string of the molecule is Cc1cccc(OC(N)=O)c1N=C=O. The van der Waals surface area contributed by atoms with Crippen molar-refractivity contribution in [2.24, 2.45) is 10.7 Å². The summed E-state index contributed by atoms with van der Waals surface area (Å²) in [5.74, 6) is 0.154. The van der Waals surface area contributed by atoms with Crippen LogP contribution in [0.4, 0.5) is 10.5 Å². The Kier molecular flexibility index (Phi) is 2.99. The van der Waals surface area contributed by atoms with E-state index in [1.54, 1.807) is 19.1 Å². The molecule has 1 aromatic carbocycles. The summed E-state index contributed by atoms with van der Waals surface area (Å²) in [6, 6.07) is 4.88. The number of carbonyl (C=O) groups is 1. The summed E-state index contributed by atoms with van der Waals surface area (Å²) in [5.41, 5.74) is 5.80. The van der Waals surface area contributed by atoms with Gasteiger partial charge in [-0.1, -0.05) is 12.1 Å². The Morgan fingerprint density at radius 2 is 2.29 bits per heavy atom. The number of aliphatic imine (C=N–C) groups is 1. The fourth-order valence-corrected chi connectivity index (χ4v) is 1.01. The van der Waals surface area contributed by atoms with Crippen LogP contribution in [0.15, 0.2) is 23.2 Å². The first-order chi connectivity index (χ1) is 6.65. The minimum Gasteiger partial charge on any atom is -0.408 e. The number of benzene rings is 1. The zero-order valence-electron chi connectivity index (χ0n) is 7.48. The molecule has 0 aliphatic rings. The topological polar surface area (TPSA) is 81.8 Å². The van der Waals surface area contributed by atoms with Crippen molar-refractivity contribution in [1.82, 2.24) is 0 Å². The number of hydrogen-bond acceptors (Lipinski definition) is 4. The third-order valence-electron chi connectivity index (χ3n) is 1.57. The number of nitrogens with two attached hydrogens (primary N) is 1. The van der Waals surface area contributed by atoms with Crippen LogP contribution in [0.5, 0.6) is 5.75 Å². The predicted molar refractivity (Wildman–Crippen MR) is 49.2 cm³/mol. The number of nitrogens with zero attached hydrogens (tertiary/aromatic N) is 1. The first-order valence-corrected chi connectivity index (χ1v) is 3.80. The third kappa shape index (κ3) is 2.18. The molecule has 0 aliphatic heterocycles. The number of isocyanates is 1. The van der Waals surface area contributed by atoms with E-state index in [0.717, 1.165) is 0 Å². The van der Waals surface area contributed by atoms with E-state index in [1.165, 1.54) is 12.1 Å². The summed E-state index contributed by atoms with van der Waals surface area (Å²) < 4.78 is 4.64. The smallest absolute Gasteiger partial charge is 0.408 e. The molecule has 0 fully saturated rings. The highest BCUT2D eigenvalue weighted by Crippen LogP contribution is 2.30. The average molecular weight is 192 g/mol. The Balaban J connectivity index is 3.20. The number of rotatable bonds is 2. The second-order valence-corrected chi connectivity index (χ2v) is 2.55. The van der Waals surface area contributed by atoms with Crippen LogP contribution in [-0.4, -0.2) is 12.2 Å². The van der Waals surface area contributed by atoms with E-state index in [1.807, 2.05) is 0 Å². The van der Waals surface area contributed by atoms with Crippen molar-refractivity contribution in [1.29, 1.82) is 0 Å². The van der Waals surface area contributed by atoms with E-state index < -0.39 is 6.09 Å². The van der Waals surface area contributed by atoms with E-state index >= 15 is 0 Å². The lowest BCUT2D eigenvalue weighted by Gasteiger charge is -2.05. The van der Waals surface area contributed by atoms with Gasteiger partial charge in [0, 0.05) is 0 Å². The number of carbonyl (C=O) groups excluding carboxylic acids is 2. The van der Waals surface area contributed by atoms with Gasteiger partial charge in [-0.05, 0) is 18.6 Å². The molecule has 0 bridgehead atoms. The van der Waals surface area contributed by atoms with E-state index in [-0.39, 0.29) is 11.4 Å². The fourth-order valence-electron chi connectivity index (χ4n) is 1.01. The zero-order valence-corrected chi connectivity index (χ0v) is 7.48. The molecule has 0 heterocycles. The van der Waals surface area contributed by atoms with Crippen molar-refractivity contribution in [2.45, 2.75) is 6.92 Å². The van der Waals surface area contributed by atoms with Crippen LogP contribution < -0.4 is 10.5 Å². The molecule has 0 atom stereocenters. The van der Waals surface area contributed by atoms with E-state index in [0.29, 0.717) is 5.56 Å². The van der Waals surface area contributed by atoms with Gasteiger partial charge in [-0.3, -0.25) is 0 Å². The van der Waals surface area contributed by atoms with Crippen LogP contribution in [-0.2, 0) is 4.79 Å². The van der Waals surface area contributed by atoms with Crippen LogP contribution in [0.2, 0.25) is 0 Å². The highest BCUT2D eigenvalue weighted by molar-refractivity contribution is 5.72. The summed E-state index contributed by atoms with van der Waals surface area (Å²) in [6.07, 6.45) is 0.435. The molecular formula is C9H8N2O3. The van der Waals surface area contributed by atoms with Crippen LogP contribution in [0.3, 0.4) is 0 Å². The Hall–Kier alpha value is -2.13. The summed E-state index contributed by atoms with van der Waals surface area (Å²) in [4.78, 5) is 24.0. The third-order valence-corrected chi connectivity index (χ3v) is 1.57. The van der Waals surface area contributed by atoms with Crippen LogP contribution in [0.1, 0.15) is 5.56 Å². The van der Waals surface area contributed by atoms with Gasteiger partial charge in [0.25, 0.3) is 0 Å². The monoisotopic (exact) mass is 192 g/mol. The molecule has 0 unspecified atom stereocenters. The van der Waals surface area contributed by atoms with Gasteiger partial charge in [-0.2, -0.15) is 4.99 Å². The number of aryl methyl sites for hydroxylation is 1. The van der Waals surface area contributed by atoms with Crippen molar-refractivity contribution < 1.29 is 14.3 Å². The lowest BCUT2D eigenvalue weighted by molar-refractivity contribution is 0.211. The van der Waals surface area contributed by atoms with Gasteiger partial charge in [0.1, 0.15) is 5.69 Å². The van der Waals surface area contributed by atoms with Crippen molar-refractivity contribution in [3.05, 3.63) is 23.8 Å². The normalized spacial score (nSPS) is 8.93. The van der Waals surface area contributed by atoms with Gasteiger partial charge in [-0.15, -0.1) is 0 Å². The van der Waals surface area contributed by atoms with Gasteiger partial charge in [0.15, 0.2) is 5.75 Å². The van der Waals surface area contributed by atoms with Crippen molar-refractivity contribution in [3.8, 4) is 5.75 Å². The van der Waals surface area contributed by atoms with Crippen LogP contribution in [0, 0.1) is 6.92 Å². The molecular weight excluding hydrogens is 184 g/mol. The summed E-state index contributed by atoms with van der Waals surface area (Å²) >= 11 is 0. The maximum Gasteiger partial charge on any atom is 0.410 e. The maximum atomic E-state index is 10.5. The Morgan fingerprint density at radius 1 is 1.57 bits per heavy atom. The van der Waals surface area contributed by atoms with Gasteiger partial charge in [0.05, 0.1) is 0 Å². The molecule has 0 aliphatic carbocycles. The molecule has 14 heavy (non-hydrogen) atoms. The molecule has 5 heteroatoms. The minimum atomic E-state index is -0.946. The van der Waals surface area contributed by atoms with E-state index in [4.69, 9.17) is 5.73 Å². The molecule has 0 radical (unpaired) electrons. The number of para-hydroxylation sites is 1. The van der Waals surface area contributed by atoms with E-state index in [2.05, 4.69) is 9.73 Å². The summed E-state index contributed by atoms with van der Waals surface area (Å²) in [6.45, 7) is 1.73. The molecule has 0 aromatic heterocycles. The molecule has 1 amide bonds. The van der Waals surface area contributed by atoms with Gasteiger partial charge in [0.2, 0.25) is 6.08 Å². The maximum absolute atomic E-state index is 10.5. The second kappa shape index (κ2) is 4.20. The molecule has 1 rings (SSSR count). The van der Waals surface area contributed by atoms with Gasteiger partial charge in [-0.25, -0.2) is 9.59 Å². The summed E-state index contributed by atoms with van der Waals surface area (Å²) in [7, 11) is 0. The van der Waals surface area contributed by atoms with E-state index in [9.17, 15) is 9.59 Å². The molecule has 1 aromatic rings. The highest BCUT2D eigenvalue weighted by atomic mass is 16.5. The number of primary amides is 1. The number of hydrogen-bond donors (Lipinski definition) is 1. The van der Waals surface area contributed by atoms with Crippen molar-refractivity contribution in [2.75, 3.05) is 0 Å². The predicted octanol–water partition coefficient (Wildman–Crippen LogP) is 1.42. The first-order valence-electron chi connectivity index (χ1n) is 3.80. The Bertz CT molecular complexity index is 409. The number of amides is 1. The quantitative estimate of drug-likeness (QED) is 0.568. The fraction of sp³-hybridized carbons (Fsp3) is 0.111. The lowest BCUT2D eigenvalue weighted by Crippen LogP contribution is -2.16. The molecule has 0 spiro atoms. The second-order valence-electron chi connectivity index (χ2n) is 2.55. The zero-order chi connectivity index (χ0) is 10.6. The summed E-state index contributed by atoms with van der Waals surface area (Å²) in [5, 5.41) is 0. The average Bonchev–Trinajstić information content (AvgIpc) is 2.10. The Labute approximate surface area is 80.2 Å². The minimum absolute atomic E-state index is 0.154. The van der Waals surface area contributed by atoms with Crippen molar-refractivity contribution in [3.63, 3.8) is 0 Å². The Morgan fingerprint density at radius 3 is 2.86 bits per heavy atom. The molecule has 0 saturated heterocycles.